The van der Waals surface area contributed by atoms with Crippen molar-refractivity contribution in [3.8, 4) is 22.9 Å². The van der Waals surface area contributed by atoms with E-state index in [4.69, 9.17) is 24.2 Å². The minimum atomic E-state index is -2.80. The molecule has 14 nitrogen and oxygen atoms in total. The molecule has 1 unspecified atom stereocenters. The van der Waals surface area contributed by atoms with E-state index in [-0.39, 0.29) is 37.5 Å². The Hall–Kier alpha value is -4.33. The molecular weight excluding hydrogens is 731 g/mol. The normalized spacial score (nSPS) is 23.5. The fourth-order valence-corrected chi connectivity index (χ4v) is 8.98. The molecule has 54 heavy (non-hydrogen) atoms. The largest absolute Gasteiger partial charge is 0.534 e. The molecule has 3 amide bonds. The number of nitrogens with one attached hydrogen (secondary N) is 3. The van der Waals surface area contributed by atoms with Gasteiger partial charge in [0.15, 0.2) is 5.13 Å². The highest BCUT2D eigenvalue weighted by atomic mass is 32.1. The molecular formula is C38H50N6O8PS+. The summed E-state index contributed by atoms with van der Waals surface area (Å²) in [5, 5.41) is 10.9. The number of thiazole rings is 1. The first kappa shape index (κ1) is 39.4. The molecule has 0 bridgehead atoms. The van der Waals surface area contributed by atoms with Crippen LogP contribution in [0.3, 0.4) is 0 Å². The quantitative estimate of drug-likeness (QED) is 0.112. The first-order valence-electron chi connectivity index (χ1n) is 18.4. The molecule has 0 spiro atoms. The molecule has 0 radical (unpaired) electrons. The number of aromatic nitrogens is 2. The number of carbonyl (C=O) groups is 3. The number of nitrogens with zero attached hydrogens (tertiary/aromatic N) is 3. The van der Waals surface area contributed by atoms with Gasteiger partial charge in [-0.25, -0.2) is 14.8 Å². The van der Waals surface area contributed by atoms with Crippen molar-refractivity contribution in [2.75, 3.05) is 19.0 Å². The van der Waals surface area contributed by atoms with Crippen LogP contribution in [0.15, 0.2) is 42.3 Å². The standard InChI is InChI=1S/C38H49N6O8PS/c1-8-22-18-38(22,53(48)49)43-33(45)30-16-25(19-44(30)34(46)32(37(4,5)6)42-36(47)52-23-11-9-10-12-23)51-31-17-28(29-20-54-35(41-29)39-21(2)3)40-27-15-24(50-7)13-14-26(27)31/h8,13-15,17,20-23,25,30,32H,1,9-12,16,18-19H2,2-7H3,(H3-,39,41,42,43,45,47,48,49)/p+1/t22-,25-,30+,32-,38+/m1/s1. The molecule has 3 heterocycles. The van der Waals surface area contributed by atoms with Crippen molar-refractivity contribution in [3.63, 3.8) is 0 Å². The molecule has 4 N–H and O–H groups in total. The lowest BCUT2D eigenvalue weighted by atomic mass is 9.85. The highest BCUT2D eigenvalue weighted by Gasteiger charge is 2.70. The Morgan fingerprint density at radius 2 is 1.87 bits per heavy atom. The number of carbonyl (C=O) groups excluding carboxylic acids is 3. The summed E-state index contributed by atoms with van der Waals surface area (Å²) < 4.78 is 30.3. The smallest absolute Gasteiger partial charge is 0.497 e. The number of likely N-dealkylation sites (tertiary alicyclic amines) is 1. The number of rotatable bonds is 13. The van der Waals surface area contributed by atoms with Gasteiger partial charge < -0.3 is 35.1 Å². The predicted octanol–water partition coefficient (Wildman–Crippen LogP) is 6.37. The molecule has 1 aliphatic heterocycles. The van der Waals surface area contributed by atoms with E-state index >= 15 is 0 Å². The average Bonchev–Trinajstić information content (AvgIpc) is 3.53. The molecule has 1 aromatic carbocycles. The zero-order valence-electron chi connectivity index (χ0n) is 31.6. The highest BCUT2D eigenvalue weighted by Crippen LogP contribution is 2.58. The number of methoxy groups -OCH3 is 1. The molecule has 2 saturated carbocycles. The number of benzene rings is 1. The van der Waals surface area contributed by atoms with E-state index in [1.165, 1.54) is 16.2 Å². The van der Waals surface area contributed by atoms with E-state index < -0.39 is 54.8 Å². The van der Waals surface area contributed by atoms with E-state index in [2.05, 4.69) is 22.5 Å². The number of fused-ring (bicyclic) bond motifs is 1. The summed E-state index contributed by atoms with van der Waals surface area (Å²) in [6.07, 6.45) is 3.79. The molecule has 16 heteroatoms. The van der Waals surface area contributed by atoms with Crippen molar-refractivity contribution in [1.82, 2.24) is 25.5 Å². The van der Waals surface area contributed by atoms with Gasteiger partial charge in [-0.05, 0) is 61.6 Å². The third-order valence-corrected chi connectivity index (χ3v) is 12.3. The fraction of sp³-hybridized carbons (Fsp3) is 0.553. The first-order valence-corrected chi connectivity index (χ1v) is 20.5. The van der Waals surface area contributed by atoms with Crippen LogP contribution < -0.4 is 25.4 Å². The monoisotopic (exact) mass is 781 g/mol. The van der Waals surface area contributed by atoms with Crippen molar-refractivity contribution < 1.29 is 38.1 Å². The van der Waals surface area contributed by atoms with Crippen LogP contribution >= 0.6 is 19.4 Å². The van der Waals surface area contributed by atoms with Crippen LogP contribution in [-0.4, -0.2) is 86.9 Å². The van der Waals surface area contributed by atoms with Crippen LogP contribution in [-0.2, 0) is 18.9 Å². The maximum Gasteiger partial charge on any atom is 0.534 e. The summed E-state index contributed by atoms with van der Waals surface area (Å²) in [5.74, 6) is -0.392. The van der Waals surface area contributed by atoms with Crippen LogP contribution in [0.2, 0.25) is 0 Å². The van der Waals surface area contributed by atoms with Gasteiger partial charge in [-0.1, -0.05) is 26.8 Å². The van der Waals surface area contributed by atoms with Crippen LogP contribution in [0, 0.1) is 11.3 Å². The highest BCUT2D eigenvalue weighted by molar-refractivity contribution is 7.40. The van der Waals surface area contributed by atoms with Gasteiger partial charge >= 0.3 is 14.1 Å². The van der Waals surface area contributed by atoms with Gasteiger partial charge in [0.25, 0.3) is 5.28 Å². The minimum Gasteiger partial charge on any atom is -0.497 e. The Bertz CT molecular complexity index is 1930. The number of ether oxygens (including phenoxy) is 3. The zero-order valence-corrected chi connectivity index (χ0v) is 33.3. The SMILES string of the molecule is C=C[C@@H]1C[C@]1(NC(=O)[C@@H]1C[C@@H](Oc2cc(-c3csc(NC(C)C)n3)nc3cc(OC)ccc23)CN1C(=O)[C@@H](NC(=O)OC1CCCC1)C(C)(C)C)[P+](=O)O. The topological polar surface area (TPSA) is 181 Å². The van der Waals surface area contributed by atoms with E-state index in [0.717, 1.165) is 30.8 Å². The summed E-state index contributed by atoms with van der Waals surface area (Å²) in [6.45, 7) is 13.3. The van der Waals surface area contributed by atoms with Gasteiger partial charge in [0.05, 0.1) is 30.8 Å². The summed E-state index contributed by atoms with van der Waals surface area (Å²) in [6, 6.07) is 5.31. The molecule has 3 aromatic rings. The fourth-order valence-electron chi connectivity index (χ4n) is 7.18. The molecule has 2 aromatic heterocycles. The molecule has 6 rings (SSSR count). The first-order chi connectivity index (χ1) is 25.6. The van der Waals surface area contributed by atoms with Gasteiger partial charge in [0.1, 0.15) is 41.5 Å². The number of hydrogen-bond donors (Lipinski definition) is 4. The number of alkyl carbamates (subject to hydrolysis) is 1. The lowest BCUT2D eigenvalue weighted by Gasteiger charge is -2.35. The van der Waals surface area contributed by atoms with E-state index in [1.54, 1.807) is 31.4 Å². The van der Waals surface area contributed by atoms with Crippen LogP contribution in [0.5, 0.6) is 11.5 Å². The molecule has 2 aliphatic carbocycles. The molecule has 6 atom stereocenters. The molecule has 290 valence electrons. The van der Waals surface area contributed by atoms with E-state index in [0.29, 0.717) is 33.8 Å². The number of amides is 3. The summed E-state index contributed by atoms with van der Waals surface area (Å²) >= 11 is 1.46. The van der Waals surface area contributed by atoms with Crippen molar-refractivity contribution in [2.24, 2.45) is 11.3 Å². The second kappa shape index (κ2) is 15.8. The summed E-state index contributed by atoms with van der Waals surface area (Å²) in [4.78, 5) is 63.1. The Morgan fingerprint density at radius 1 is 1.13 bits per heavy atom. The Labute approximate surface area is 320 Å². The summed E-state index contributed by atoms with van der Waals surface area (Å²) in [5.41, 5.74) is 1.04. The Morgan fingerprint density at radius 3 is 2.50 bits per heavy atom. The van der Waals surface area contributed by atoms with Crippen molar-refractivity contribution in [2.45, 2.75) is 109 Å². The third kappa shape index (κ3) is 8.48. The van der Waals surface area contributed by atoms with Gasteiger partial charge in [-0.3, -0.25) is 9.59 Å². The number of pyridine rings is 1. The second-order valence-corrected chi connectivity index (χ2v) is 17.9. The van der Waals surface area contributed by atoms with E-state index in [1.807, 2.05) is 46.1 Å². The Balaban J connectivity index is 1.32. The maximum atomic E-state index is 14.6. The number of anilines is 1. The zero-order chi connectivity index (χ0) is 38.9. The average molecular weight is 782 g/mol. The molecule has 1 saturated heterocycles. The number of hydrogen-bond acceptors (Lipinski definition) is 11. The lowest BCUT2D eigenvalue weighted by molar-refractivity contribution is -0.142. The van der Waals surface area contributed by atoms with Crippen LogP contribution in [0.1, 0.15) is 73.1 Å². The second-order valence-electron chi connectivity index (χ2n) is 15.7. The summed E-state index contributed by atoms with van der Waals surface area (Å²) in [7, 11) is -1.22. The van der Waals surface area contributed by atoms with Crippen LogP contribution in [0.4, 0.5) is 9.93 Å². The minimum absolute atomic E-state index is 0.000460. The maximum absolute atomic E-state index is 14.6. The van der Waals surface area contributed by atoms with Gasteiger partial charge in [0, 0.05) is 41.8 Å². The van der Waals surface area contributed by atoms with Gasteiger partial charge in [-0.2, -0.15) is 4.89 Å². The van der Waals surface area contributed by atoms with E-state index in [9.17, 15) is 23.8 Å². The van der Waals surface area contributed by atoms with Crippen LogP contribution in [0.25, 0.3) is 22.3 Å². The molecule has 3 fully saturated rings. The van der Waals surface area contributed by atoms with Crippen molar-refractivity contribution in [3.05, 3.63) is 42.3 Å². The predicted molar refractivity (Wildman–Crippen MR) is 207 cm³/mol. The van der Waals surface area contributed by atoms with Gasteiger partial charge in [0.2, 0.25) is 11.8 Å². The van der Waals surface area contributed by atoms with Gasteiger partial charge in [-0.15, -0.1) is 17.9 Å². The van der Waals surface area contributed by atoms with Crippen molar-refractivity contribution >= 4 is 53.3 Å². The van der Waals surface area contributed by atoms with Crippen molar-refractivity contribution in [1.29, 1.82) is 0 Å². The lowest BCUT2D eigenvalue weighted by Crippen LogP contribution is -2.58. The third-order valence-electron chi connectivity index (χ3n) is 10.2. The molecule has 3 aliphatic rings. The Kier molecular flexibility index (Phi) is 11.5.